The van der Waals surface area contributed by atoms with Crippen molar-refractivity contribution in [3.05, 3.63) is 28.5 Å². The van der Waals surface area contributed by atoms with Gasteiger partial charge in [0, 0.05) is 16.7 Å². The first kappa shape index (κ1) is 13.5. The van der Waals surface area contributed by atoms with Crippen LogP contribution >= 0.6 is 15.9 Å². The Bertz CT molecular complexity index is 445. The van der Waals surface area contributed by atoms with Gasteiger partial charge < -0.3 is 5.32 Å². The van der Waals surface area contributed by atoms with Crippen molar-refractivity contribution in [3.8, 4) is 0 Å². The van der Waals surface area contributed by atoms with Crippen LogP contribution in [0.3, 0.4) is 0 Å². The molecule has 3 nitrogen and oxygen atoms in total. The smallest absolute Gasteiger partial charge is 0.271 e. The second-order valence-corrected chi connectivity index (χ2v) is 6.45. The molecular weight excluding hydrogens is 292 g/mol. The summed E-state index contributed by atoms with van der Waals surface area (Å²) in [5.74, 6) is -0.0811. The number of rotatable bonds is 2. The van der Waals surface area contributed by atoms with Gasteiger partial charge in [0.1, 0.15) is 5.69 Å². The second kappa shape index (κ2) is 5.39. The van der Waals surface area contributed by atoms with Crippen LogP contribution in [-0.2, 0) is 0 Å². The first-order valence-electron chi connectivity index (χ1n) is 6.42. The average Bonchev–Trinajstić information content (AvgIpc) is 2.32. The molecule has 2 rings (SSSR count). The molecule has 1 heterocycles. The lowest BCUT2D eigenvalue weighted by molar-refractivity contribution is 0.0847. The van der Waals surface area contributed by atoms with E-state index < -0.39 is 0 Å². The Morgan fingerprint density at radius 2 is 2.28 bits per heavy atom. The fourth-order valence-corrected chi connectivity index (χ4v) is 2.98. The van der Waals surface area contributed by atoms with E-state index in [1.165, 1.54) is 19.3 Å². The maximum absolute atomic E-state index is 12.2. The van der Waals surface area contributed by atoms with Crippen molar-refractivity contribution in [2.75, 3.05) is 0 Å². The van der Waals surface area contributed by atoms with E-state index in [0.717, 1.165) is 10.9 Å². The van der Waals surface area contributed by atoms with Crippen LogP contribution in [0.5, 0.6) is 0 Å². The lowest BCUT2D eigenvalue weighted by atomic mass is 9.73. The van der Waals surface area contributed by atoms with Crippen molar-refractivity contribution in [2.24, 2.45) is 5.41 Å². The molecule has 0 spiro atoms. The van der Waals surface area contributed by atoms with Gasteiger partial charge in [-0.2, -0.15) is 0 Å². The van der Waals surface area contributed by atoms with E-state index in [0.29, 0.717) is 5.69 Å². The van der Waals surface area contributed by atoms with Crippen molar-refractivity contribution in [3.63, 3.8) is 0 Å². The molecule has 1 saturated carbocycles. The van der Waals surface area contributed by atoms with E-state index in [4.69, 9.17) is 0 Å². The zero-order valence-corrected chi connectivity index (χ0v) is 12.5. The summed E-state index contributed by atoms with van der Waals surface area (Å²) < 4.78 is 0.746. The van der Waals surface area contributed by atoms with E-state index in [1.54, 1.807) is 6.20 Å². The van der Waals surface area contributed by atoms with Crippen molar-refractivity contribution in [2.45, 2.75) is 45.6 Å². The third kappa shape index (κ3) is 2.91. The van der Waals surface area contributed by atoms with E-state index in [1.807, 2.05) is 12.1 Å². The van der Waals surface area contributed by atoms with Crippen molar-refractivity contribution < 1.29 is 4.79 Å². The number of aromatic nitrogens is 1. The highest BCUT2D eigenvalue weighted by molar-refractivity contribution is 9.10. The highest BCUT2D eigenvalue weighted by atomic mass is 79.9. The number of nitrogens with one attached hydrogen (secondary N) is 1. The SMILES string of the molecule is CC1(C)CCCCC1NC(=O)c1ncccc1Br. The highest BCUT2D eigenvalue weighted by Gasteiger charge is 2.33. The zero-order valence-electron chi connectivity index (χ0n) is 10.9. The molecule has 1 aliphatic rings. The molecule has 1 N–H and O–H groups in total. The van der Waals surface area contributed by atoms with Gasteiger partial charge in [-0.15, -0.1) is 0 Å². The Kier molecular flexibility index (Phi) is 4.05. The van der Waals surface area contributed by atoms with E-state index >= 15 is 0 Å². The molecule has 98 valence electrons. The fraction of sp³-hybridized carbons (Fsp3) is 0.571. The fourth-order valence-electron chi connectivity index (χ4n) is 2.54. The van der Waals surface area contributed by atoms with Gasteiger partial charge in [-0.25, -0.2) is 4.98 Å². The molecule has 1 amide bonds. The quantitative estimate of drug-likeness (QED) is 0.907. The summed E-state index contributed by atoms with van der Waals surface area (Å²) in [4.78, 5) is 16.4. The molecule has 1 aliphatic carbocycles. The minimum atomic E-state index is -0.0811. The molecule has 0 saturated heterocycles. The predicted molar refractivity (Wildman–Crippen MR) is 75.4 cm³/mol. The topological polar surface area (TPSA) is 42.0 Å². The molecule has 18 heavy (non-hydrogen) atoms. The van der Waals surface area contributed by atoms with Crippen LogP contribution in [0.2, 0.25) is 0 Å². The maximum atomic E-state index is 12.2. The number of carbonyl (C=O) groups is 1. The Hall–Kier alpha value is -0.900. The monoisotopic (exact) mass is 310 g/mol. The second-order valence-electron chi connectivity index (χ2n) is 5.59. The minimum absolute atomic E-state index is 0.0811. The number of amides is 1. The number of hydrogen-bond acceptors (Lipinski definition) is 2. The van der Waals surface area contributed by atoms with E-state index in [-0.39, 0.29) is 17.4 Å². The zero-order chi connectivity index (χ0) is 13.2. The van der Waals surface area contributed by atoms with Crippen LogP contribution in [-0.4, -0.2) is 16.9 Å². The van der Waals surface area contributed by atoms with Crippen LogP contribution in [0.1, 0.15) is 50.0 Å². The van der Waals surface area contributed by atoms with Crippen LogP contribution < -0.4 is 5.32 Å². The molecular formula is C14H19BrN2O. The third-order valence-electron chi connectivity index (χ3n) is 3.79. The van der Waals surface area contributed by atoms with E-state index in [2.05, 4.69) is 40.1 Å². The number of nitrogens with zero attached hydrogens (tertiary/aromatic N) is 1. The molecule has 1 atom stereocenters. The Balaban J connectivity index is 2.10. The standard InChI is InChI=1S/C14H19BrN2O/c1-14(2)8-4-3-7-11(14)17-13(18)12-10(15)6-5-9-16-12/h5-6,9,11H,3-4,7-8H2,1-2H3,(H,17,18). The van der Waals surface area contributed by atoms with Crippen molar-refractivity contribution >= 4 is 21.8 Å². The van der Waals surface area contributed by atoms with Crippen LogP contribution in [0.4, 0.5) is 0 Å². The first-order chi connectivity index (χ1) is 8.50. The van der Waals surface area contributed by atoms with Crippen molar-refractivity contribution in [1.82, 2.24) is 10.3 Å². The van der Waals surface area contributed by atoms with Gasteiger partial charge >= 0.3 is 0 Å². The number of carbonyl (C=O) groups excluding carboxylic acids is 1. The summed E-state index contributed by atoms with van der Waals surface area (Å²) >= 11 is 3.37. The summed E-state index contributed by atoms with van der Waals surface area (Å²) in [6.45, 7) is 4.45. The van der Waals surface area contributed by atoms with Gasteiger partial charge in [0.15, 0.2) is 0 Å². The molecule has 1 unspecified atom stereocenters. The maximum Gasteiger partial charge on any atom is 0.271 e. The van der Waals surface area contributed by atoms with Gasteiger partial charge in [0.2, 0.25) is 0 Å². The summed E-state index contributed by atoms with van der Waals surface area (Å²) in [6, 6.07) is 3.90. The molecule has 1 aromatic heterocycles. The molecule has 4 heteroatoms. The molecule has 0 radical (unpaired) electrons. The Labute approximate surface area is 117 Å². The molecule has 0 aromatic carbocycles. The average molecular weight is 311 g/mol. The summed E-state index contributed by atoms with van der Waals surface area (Å²) in [7, 11) is 0. The van der Waals surface area contributed by atoms with Crippen molar-refractivity contribution in [1.29, 1.82) is 0 Å². The van der Waals surface area contributed by atoms with Gasteiger partial charge in [0.25, 0.3) is 5.91 Å². The van der Waals surface area contributed by atoms with E-state index in [9.17, 15) is 4.79 Å². The van der Waals surface area contributed by atoms with Gasteiger partial charge in [0.05, 0.1) is 0 Å². The predicted octanol–water partition coefficient (Wildman–Crippen LogP) is 3.54. The largest absolute Gasteiger partial charge is 0.347 e. The highest BCUT2D eigenvalue weighted by Crippen LogP contribution is 2.35. The van der Waals surface area contributed by atoms with Crippen LogP contribution in [0.15, 0.2) is 22.8 Å². The Morgan fingerprint density at radius 1 is 1.50 bits per heavy atom. The molecule has 0 bridgehead atoms. The van der Waals surface area contributed by atoms with Crippen LogP contribution in [0, 0.1) is 5.41 Å². The third-order valence-corrected chi connectivity index (χ3v) is 4.43. The summed E-state index contributed by atoms with van der Waals surface area (Å²) in [5, 5.41) is 3.13. The number of pyridine rings is 1. The molecule has 0 aliphatic heterocycles. The summed E-state index contributed by atoms with van der Waals surface area (Å²) in [5.41, 5.74) is 0.647. The number of halogens is 1. The normalized spacial score (nSPS) is 22.5. The molecule has 1 aromatic rings. The minimum Gasteiger partial charge on any atom is -0.347 e. The van der Waals surface area contributed by atoms with Gasteiger partial charge in [-0.05, 0) is 46.3 Å². The lowest BCUT2D eigenvalue weighted by Gasteiger charge is -2.39. The number of hydrogen-bond donors (Lipinski definition) is 1. The lowest BCUT2D eigenvalue weighted by Crippen LogP contribution is -2.47. The van der Waals surface area contributed by atoms with Gasteiger partial charge in [-0.3, -0.25) is 4.79 Å². The molecule has 1 fully saturated rings. The van der Waals surface area contributed by atoms with Gasteiger partial charge in [-0.1, -0.05) is 26.7 Å². The first-order valence-corrected chi connectivity index (χ1v) is 7.21. The Morgan fingerprint density at radius 3 is 2.94 bits per heavy atom. The van der Waals surface area contributed by atoms with Crippen LogP contribution in [0.25, 0.3) is 0 Å². The summed E-state index contributed by atoms with van der Waals surface area (Å²) in [6.07, 6.45) is 6.32.